The van der Waals surface area contributed by atoms with E-state index in [4.69, 9.17) is 0 Å². The van der Waals surface area contributed by atoms with Crippen LogP contribution in [-0.4, -0.2) is 36.1 Å². The first-order chi connectivity index (χ1) is 8.99. The minimum atomic E-state index is -0.318. The third-order valence-electron chi connectivity index (χ3n) is 2.58. The second kappa shape index (κ2) is 5.09. The molecule has 0 aromatic carbocycles. The minimum Gasteiger partial charge on any atom is -0.289 e. The molecule has 0 fully saturated rings. The molecule has 19 heavy (non-hydrogen) atoms. The molecule has 0 radical (unpaired) electrons. The van der Waals surface area contributed by atoms with E-state index in [2.05, 4.69) is 30.8 Å². The molecule has 0 aliphatic heterocycles. The van der Waals surface area contributed by atoms with Gasteiger partial charge >= 0.3 is 0 Å². The standard InChI is InChI=1S/C11H15N7O/c1-6(2)9-8(5-12-7(3)13-9)10(19)14-11-15-16-17-18(11)4/h5-6H,1-4H3,(H,14,15,17,19). The summed E-state index contributed by atoms with van der Waals surface area (Å²) in [5.74, 6) is 0.725. The van der Waals surface area contributed by atoms with Crippen molar-refractivity contribution in [1.82, 2.24) is 30.2 Å². The topological polar surface area (TPSA) is 98.5 Å². The molecular weight excluding hydrogens is 246 g/mol. The molecule has 0 saturated heterocycles. The summed E-state index contributed by atoms with van der Waals surface area (Å²) < 4.78 is 1.38. The second-order valence-corrected chi connectivity index (χ2v) is 4.45. The van der Waals surface area contributed by atoms with Gasteiger partial charge < -0.3 is 0 Å². The molecule has 2 aromatic rings. The molecule has 2 heterocycles. The van der Waals surface area contributed by atoms with Crippen molar-refractivity contribution in [2.24, 2.45) is 7.05 Å². The maximum atomic E-state index is 12.2. The number of aryl methyl sites for hydroxylation is 2. The number of carbonyl (C=O) groups excluding carboxylic acids is 1. The van der Waals surface area contributed by atoms with E-state index in [0.717, 1.165) is 0 Å². The van der Waals surface area contributed by atoms with Crippen LogP contribution >= 0.6 is 0 Å². The summed E-state index contributed by atoms with van der Waals surface area (Å²) in [5.41, 5.74) is 1.14. The second-order valence-electron chi connectivity index (χ2n) is 4.45. The number of anilines is 1. The van der Waals surface area contributed by atoms with Gasteiger partial charge in [0.15, 0.2) is 0 Å². The Morgan fingerprint density at radius 1 is 1.42 bits per heavy atom. The first kappa shape index (κ1) is 13.1. The lowest BCUT2D eigenvalue weighted by molar-refractivity contribution is 0.102. The molecule has 100 valence electrons. The normalized spacial score (nSPS) is 10.8. The van der Waals surface area contributed by atoms with Crippen molar-refractivity contribution in [2.45, 2.75) is 26.7 Å². The lowest BCUT2D eigenvalue weighted by Gasteiger charge is -2.11. The highest BCUT2D eigenvalue weighted by Crippen LogP contribution is 2.17. The highest BCUT2D eigenvalue weighted by molar-refractivity contribution is 6.04. The van der Waals surface area contributed by atoms with Crippen LogP contribution in [0.15, 0.2) is 6.20 Å². The minimum absolute atomic E-state index is 0.125. The van der Waals surface area contributed by atoms with Crippen LogP contribution in [0.5, 0.6) is 0 Å². The van der Waals surface area contributed by atoms with Gasteiger partial charge in [0.25, 0.3) is 5.91 Å². The Morgan fingerprint density at radius 3 is 2.74 bits per heavy atom. The Bertz CT molecular complexity index is 605. The molecule has 0 aliphatic carbocycles. The quantitative estimate of drug-likeness (QED) is 0.872. The van der Waals surface area contributed by atoms with Gasteiger partial charge in [-0.1, -0.05) is 18.9 Å². The van der Waals surface area contributed by atoms with Gasteiger partial charge in [-0.3, -0.25) is 10.1 Å². The molecule has 0 unspecified atom stereocenters. The van der Waals surface area contributed by atoms with E-state index in [1.165, 1.54) is 10.9 Å². The molecule has 0 spiro atoms. The van der Waals surface area contributed by atoms with E-state index in [9.17, 15) is 4.79 Å². The van der Waals surface area contributed by atoms with Crippen LogP contribution in [0.25, 0.3) is 0 Å². The zero-order chi connectivity index (χ0) is 14.0. The molecule has 0 saturated carbocycles. The smallest absolute Gasteiger partial charge is 0.261 e. The van der Waals surface area contributed by atoms with Gasteiger partial charge in [-0.25, -0.2) is 14.6 Å². The number of hydrogen-bond donors (Lipinski definition) is 1. The van der Waals surface area contributed by atoms with Gasteiger partial charge in [0.05, 0.1) is 11.3 Å². The SMILES string of the molecule is Cc1ncc(C(=O)Nc2nnnn2C)c(C(C)C)n1. The van der Waals surface area contributed by atoms with Crippen molar-refractivity contribution in [3.8, 4) is 0 Å². The third kappa shape index (κ3) is 2.72. The van der Waals surface area contributed by atoms with E-state index in [1.807, 2.05) is 13.8 Å². The Kier molecular flexibility index (Phi) is 3.50. The van der Waals surface area contributed by atoms with Crippen LogP contribution in [0.2, 0.25) is 0 Å². The van der Waals surface area contributed by atoms with E-state index in [1.54, 1.807) is 14.0 Å². The van der Waals surface area contributed by atoms with Crippen LogP contribution in [0.4, 0.5) is 5.95 Å². The molecule has 2 aromatic heterocycles. The lowest BCUT2D eigenvalue weighted by Crippen LogP contribution is -2.19. The number of tetrazole rings is 1. The molecule has 1 N–H and O–H groups in total. The van der Waals surface area contributed by atoms with Crippen molar-refractivity contribution in [1.29, 1.82) is 0 Å². The van der Waals surface area contributed by atoms with Gasteiger partial charge in [-0.15, -0.1) is 0 Å². The average molecular weight is 261 g/mol. The number of aromatic nitrogens is 6. The number of nitrogens with one attached hydrogen (secondary N) is 1. The first-order valence-electron chi connectivity index (χ1n) is 5.86. The summed E-state index contributed by atoms with van der Waals surface area (Å²) in [4.78, 5) is 20.6. The lowest BCUT2D eigenvalue weighted by atomic mass is 10.0. The third-order valence-corrected chi connectivity index (χ3v) is 2.58. The summed E-state index contributed by atoms with van der Waals surface area (Å²) in [6.07, 6.45) is 1.52. The number of nitrogens with zero attached hydrogens (tertiary/aromatic N) is 6. The highest BCUT2D eigenvalue weighted by Gasteiger charge is 2.18. The molecule has 1 amide bonds. The molecule has 2 rings (SSSR count). The van der Waals surface area contributed by atoms with Crippen LogP contribution in [-0.2, 0) is 7.05 Å². The van der Waals surface area contributed by atoms with Crippen LogP contribution in [0.1, 0.15) is 41.6 Å². The van der Waals surface area contributed by atoms with Gasteiger partial charge in [-0.05, 0) is 23.3 Å². The predicted molar refractivity (Wildman–Crippen MR) is 67.6 cm³/mol. The largest absolute Gasteiger partial charge is 0.289 e. The summed E-state index contributed by atoms with van der Waals surface area (Å²) in [7, 11) is 1.64. The molecule has 0 bridgehead atoms. The van der Waals surface area contributed by atoms with Gasteiger partial charge in [-0.2, -0.15) is 0 Å². The van der Waals surface area contributed by atoms with Crippen LogP contribution in [0, 0.1) is 6.92 Å². The van der Waals surface area contributed by atoms with E-state index >= 15 is 0 Å². The first-order valence-corrected chi connectivity index (χ1v) is 5.86. The Morgan fingerprint density at radius 2 is 2.16 bits per heavy atom. The zero-order valence-electron chi connectivity index (χ0n) is 11.2. The monoisotopic (exact) mass is 261 g/mol. The van der Waals surface area contributed by atoms with E-state index in [0.29, 0.717) is 17.1 Å². The zero-order valence-corrected chi connectivity index (χ0v) is 11.2. The highest BCUT2D eigenvalue weighted by atomic mass is 16.1. The van der Waals surface area contributed by atoms with E-state index in [-0.39, 0.29) is 17.8 Å². The van der Waals surface area contributed by atoms with Gasteiger partial charge in [0.1, 0.15) is 5.82 Å². The van der Waals surface area contributed by atoms with Crippen molar-refractivity contribution >= 4 is 11.9 Å². The maximum absolute atomic E-state index is 12.2. The predicted octanol–water partition coefficient (Wildman–Crippen LogP) is 0.684. The van der Waals surface area contributed by atoms with Crippen molar-refractivity contribution in [3.63, 3.8) is 0 Å². The Labute approximate surface area is 110 Å². The fraction of sp³-hybridized carbons (Fsp3) is 0.455. The molecule has 0 atom stereocenters. The summed E-state index contributed by atoms with van der Waals surface area (Å²) in [6, 6.07) is 0. The molecule has 0 aliphatic rings. The summed E-state index contributed by atoms with van der Waals surface area (Å²) in [6.45, 7) is 5.74. The maximum Gasteiger partial charge on any atom is 0.261 e. The number of carbonyl (C=O) groups is 1. The summed E-state index contributed by atoms with van der Waals surface area (Å²) >= 11 is 0. The Hall–Kier alpha value is -2.38. The fourth-order valence-corrected chi connectivity index (χ4v) is 1.61. The average Bonchev–Trinajstić information content (AvgIpc) is 2.74. The Balaban J connectivity index is 2.31. The van der Waals surface area contributed by atoms with E-state index < -0.39 is 0 Å². The van der Waals surface area contributed by atoms with Gasteiger partial charge in [0, 0.05) is 13.2 Å². The fourth-order valence-electron chi connectivity index (χ4n) is 1.61. The van der Waals surface area contributed by atoms with Gasteiger partial charge in [0.2, 0.25) is 5.95 Å². The number of hydrogen-bond acceptors (Lipinski definition) is 6. The molecular formula is C11H15N7O. The molecule has 8 nitrogen and oxygen atoms in total. The van der Waals surface area contributed by atoms with Crippen molar-refractivity contribution < 1.29 is 4.79 Å². The van der Waals surface area contributed by atoms with Crippen LogP contribution in [0.3, 0.4) is 0 Å². The summed E-state index contributed by atoms with van der Waals surface area (Å²) in [5, 5.41) is 13.4. The number of rotatable bonds is 3. The van der Waals surface area contributed by atoms with Crippen molar-refractivity contribution in [2.75, 3.05) is 5.32 Å². The molecule has 8 heteroatoms. The van der Waals surface area contributed by atoms with Crippen molar-refractivity contribution in [3.05, 3.63) is 23.3 Å². The number of amides is 1. The van der Waals surface area contributed by atoms with Crippen LogP contribution < -0.4 is 5.32 Å².